The highest BCUT2D eigenvalue weighted by molar-refractivity contribution is 6.16. The number of urea groups is 1. The quantitative estimate of drug-likeness (QED) is 0.605. The molecular weight excluding hydrogens is 479 g/mol. The van der Waals surface area contributed by atoms with Crippen LogP contribution in [0.1, 0.15) is 47.5 Å². The molecule has 3 fully saturated rings. The van der Waals surface area contributed by atoms with Gasteiger partial charge in [-0.25, -0.2) is 9.18 Å². The first-order valence-electron chi connectivity index (χ1n) is 12.4. The monoisotopic (exact) mass is 508 g/mol. The number of benzene rings is 2. The Balaban J connectivity index is 1.24. The number of nitrogens with zero attached hydrogens (tertiary/aromatic N) is 3. The second-order valence-corrected chi connectivity index (χ2v) is 9.79. The van der Waals surface area contributed by atoms with Crippen LogP contribution in [0.15, 0.2) is 42.5 Å². The number of carbonyl (C=O) groups excluding carboxylic acids is 4. The van der Waals surface area contributed by atoms with Crippen molar-refractivity contribution in [1.82, 2.24) is 15.1 Å². The SMILES string of the molecule is COc1ccc(N2C(=O)N(C)C(=O)C23CCN(C(=O)CNC(=O)c2cc(C4CC4)ccc2F)CC3)cc1. The number of hydrogen-bond acceptors (Lipinski definition) is 5. The van der Waals surface area contributed by atoms with E-state index in [0.29, 0.717) is 17.4 Å². The summed E-state index contributed by atoms with van der Waals surface area (Å²) < 4.78 is 19.4. The molecule has 5 rings (SSSR count). The summed E-state index contributed by atoms with van der Waals surface area (Å²) in [4.78, 5) is 55.9. The molecule has 37 heavy (non-hydrogen) atoms. The van der Waals surface area contributed by atoms with Crippen molar-refractivity contribution in [2.45, 2.75) is 37.1 Å². The van der Waals surface area contributed by atoms with Gasteiger partial charge in [-0.2, -0.15) is 0 Å². The Labute approximate surface area is 214 Å². The maximum atomic E-state index is 14.2. The van der Waals surface area contributed by atoms with Gasteiger partial charge in [-0.15, -0.1) is 0 Å². The van der Waals surface area contributed by atoms with Crippen LogP contribution in [-0.2, 0) is 9.59 Å². The van der Waals surface area contributed by atoms with E-state index in [2.05, 4.69) is 5.32 Å². The molecule has 194 valence electrons. The lowest BCUT2D eigenvalue weighted by atomic mass is 9.85. The zero-order valence-corrected chi connectivity index (χ0v) is 20.8. The number of likely N-dealkylation sites (N-methyl/N-ethyl adjacent to an activating group) is 1. The molecule has 5 amide bonds. The highest BCUT2D eigenvalue weighted by Gasteiger charge is 2.57. The maximum absolute atomic E-state index is 14.2. The number of amides is 5. The van der Waals surface area contributed by atoms with E-state index in [1.807, 2.05) is 0 Å². The van der Waals surface area contributed by atoms with Gasteiger partial charge in [0.1, 0.15) is 17.1 Å². The highest BCUT2D eigenvalue weighted by Crippen LogP contribution is 2.41. The van der Waals surface area contributed by atoms with Crippen molar-refractivity contribution in [3.63, 3.8) is 0 Å². The normalized spacial score (nSPS) is 18.9. The molecule has 1 spiro atoms. The van der Waals surface area contributed by atoms with Gasteiger partial charge in [0.2, 0.25) is 5.91 Å². The van der Waals surface area contributed by atoms with Crippen LogP contribution in [0.2, 0.25) is 0 Å². The Morgan fingerprint density at radius 2 is 1.76 bits per heavy atom. The van der Waals surface area contributed by atoms with E-state index in [-0.39, 0.29) is 49.9 Å². The lowest BCUT2D eigenvalue weighted by Crippen LogP contribution is -2.58. The zero-order valence-electron chi connectivity index (χ0n) is 20.8. The van der Waals surface area contributed by atoms with Crippen molar-refractivity contribution in [2.24, 2.45) is 0 Å². The lowest BCUT2D eigenvalue weighted by molar-refractivity contribution is -0.136. The zero-order chi connectivity index (χ0) is 26.3. The van der Waals surface area contributed by atoms with E-state index >= 15 is 0 Å². The first-order valence-corrected chi connectivity index (χ1v) is 12.4. The minimum atomic E-state index is -1.09. The number of carbonyl (C=O) groups is 4. The molecule has 1 aliphatic carbocycles. The smallest absolute Gasteiger partial charge is 0.331 e. The standard InChI is InChI=1S/C27H29FN4O5/c1-30-25(35)27(32(26(30)36)19-6-8-20(37-2)9-7-19)11-13-31(14-12-27)23(33)16-29-24(34)21-15-18(17-3-4-17)5-10-22(21)28/h5-10,15,17H,3-4,11-14,16H2,1-2H3,(H,29,34). The summed E-state index contributed by atoms with van der Waals surface area (Å²) in [5.74, 6) is -0.892. The van der Waals surface area contributed by atoms with Crippen LogP contribution in [0, 0.1) is 5.82 Å². The van der Waals surface area contributed by atoms with Gasteiger partial charge in [-0.1, -0.05) is 6.07 Å². The van der Waals surface area contributed by atoms with E-state index in [9.17, 15) is 23.6 Å². The van der Waals surface area contributed by atoms with Crippen molar-refractivity contribution in [3.8, 4) is 5.75 Å². The van der Waals surface area contributed by atoms with Crippen molar-refractivity contribution >= 4 is 29.4 Å². The Bertz CT molecular complexity index is 1250. The van der Waals surface area contributed by atoms with E-state index < -0.39 is 23.3 Å². The fraction of sp³-hybridized carbons (Fsp3) is 0.407. The van der Waals surface area contributed by atoms with Gasteiger partial charge in [0.25, 0.3) is 11.8 Å². The molecule has 0 bridgehead atoms. The van der Waals surface area contributed by atoms with Crippen LogP contribution in [0.5, 0.6) is 5.75 Å². The number of piperidine rings is 1. The van der Waals surface area contributed by atoms with Crippen molar-refractivity contribution in [3.05, 3.63) is 59.4 Å². The predicted molar refractivity (Wildman–Crippen MR) is 133 cm³/mol. The molecule has 0 unspecified atom stereocenters. The fourth-order valence-corrected chi connectivity index (χ4v) is 5.23. The van der Waals surface area contributed by atoms with Crippen LogP contribution < -0.4 is 15.0 Å². The molecule has 0 aromatic heterocycles. The second kappa shape index (κ2) is 9.49. The van der Waals surface area contributed by atoms with Gasteiger partial charge in [-0.05, 0) is 73.6 Å². The van der Waals surface area contributed by atoms with Gasteiger partial charge >= 0.3 is 6.03 Å². The van der Waals surface area contributed by atoms with Crippen LogP contribution in [0.3, 0.4) is 0 Å². The van der Waals surface area contributed by atoms with Crippen LogP contribution in [-0.4, -0.2) is 72.9 Å². The van der Waals surface area contributed by atoms with Crippen LogP contribution in [0.25, 0.3) is 0 Å². The second-order valence-electron chi connectivity index (χ2n) is 9.79. The Morgan fingerprint density at radius 3 is 2.38 bits per heavy atom. The minimum Gasteiger partial charge on any atom is -0.497 e. The Morgan fingerprint density at radius 1 is 1.08 bits per heavy atom. The topological polar surface area (TPSA) is 99.3 Å². The number of anilines is 1. The van der Waals surface area contributed by atoms with Gasteiger partial charge in [0, 0.05) is 25.8 Å². The molecular formula is C27H29FN4O5. The lowest BCUT2D eigenvalue weighted by Gasteiger charge is -2.42. The van der Waals surface area contributed by atoms with Gasteiger partial charge in [0.15, 0.2) is 0 Å². The first kappa shape index (κ1) is 24.7. The number of ether oxygens (including phenoxy) is 1. The number of imide groups is 1. The number of nitrogens with one attached hydrogen (secondary N) is 1. The molecule has 10 heteroatoms. The van der Waals surface area contributed by atoms with Crippen molar-refractivity contribution in [1.29, 1.82) is 0 Å². The molecule has 2 aromatic rings. The van der Waals surface area contributed by atoms with Gasteiger partial charge in [-0.3, -0.25) is 24.2 Å². The van der Waals surface area contributed by atoms with Crippen molar-refractivity contribution in [2.75, 3.05) is 38.7 Å². The number of halogens is 1. The van der Waals surface area contributed by atoms with E-state index in [4.69, 9.17) is 4.74 Å². The summed E-state index contributed by atoms with van der Waals surface area (Å²) in [6, 6.07) is 11.0. The summed E-state index contributed by atoms with van der Waals surface area (Å²) in [6.07, 6.45) is 2.57. The fourth-order valence-electron chi connectivity index (χ4n) is 5.23. The molecule has 2 saturated heterocycles. The molecule has 2 aliphatic heterocycles. The third kappa shape index (κ3) is 4.41. The summed E-state index contributed by atoms with van der Waals surface area (Å²) in [7, 11) is 3.01. The summed E-state index contributed by atoms with van der Waals surface area (Å²) in [6.45, 7) is 0.188. The molecule has 1 saturated carbocycles. The molecule has 2 heterocycles. The number of rotatable bonds is 6. The van der Waals surface area contributed by atoms with Crippen LogP contribution >= 0.6 is 0 Å². The highest BCUT2D eigenvalue weighted by atomic mass is 19.1. The first-order chi connectivity index (χ1) is 17.7. The predicted octanol–water partition coefficient (Wildman–Crippen LogP) is 2.90. The van der Waals surface area contributed by atoms with Crippen molar-refractivity contribution < 1.29 is 28.3 Å². The van der Waals surface area contributed by atoms with E-state index in [1.54, 1.807) is 48.4 Å². The largest absolute Gasteiger partial charge is 0.497 e. The molecule has 0 radical (unpaired) electrons. The Hall–Kier alpha value is -3.95. The Kier molecular flexibility index (Phi) is 6.35. The van der Waals surface area contributed by atoms with E-state index in [1.165, 1.54) is 18.0 Å². The molecule has 0 atom stereocenters. The molecule has 3 aliphatic rings. The minimum absolute atomic E-state index is 0.0666. The molecule has 1 N–H and O–H groups in total. The number of likely N-dealkylation sites (tertiary alicyclic amines) is 1. The van der Waals surface area contributed by atoms with E-state index in [0.717, 1.165) is 23.3 Å². The number of hydrogen-bond donors (Lipinski definition) is 1. The molecule has 2 aromatic carbocycles. The third-order valence-corrected chi connectivity index (χ3v) is 7.57. The average molecular weight is 509 g/mol. The van der Waals surface area contributed by atoms with Crippen LogP contribution in [0.4, 0.5) is 14.9 Å². The summed E-state index contributed by atoms with van der Waals surface area (Å²) in [5, 5.41) is 2.53. The summed E-state index contributed by atoms with van der Waals surface area (Å²) >= 11 is 0. The summed E-state index contributed by atoms with van der Waals surface area (Å²) in [5.41, 5.74) is 0.350. The van der Waals surface area contributed by atoms with Gasteiger partial charge in [0.05, 0.1) is 19.2 Å². The number of methoxy groups -OCH3 is 1. The average Bonchev–Trinajstić information content (AvgIpc) is 3.75. The molecule has 9 nitrogen and oxygen atoms in total. The maximum Gasteiger partial charge on any atom is 0.331 e. The van der Waals surface area contributed by atoms with Gasteiger partial charge < -0.3 is 15.0 Å². The third-order valence-electron chi connectivity index (χ3n) is 7.57.